The van der Waals surface area contributed by atoms with E-state index in [9.17, 15) is 0 Å². The van der Waals surface area contributed by atoms with E-state index in [4.69, 9.17) is 9.68 Å². The van der Waals surface area contributed by atoms with Crippen LogP contribution in [0, 0.1) is 11.3 Å². The summed E-state index contributed by atoms with van der Waals surface area (Å²) in [5, 5.41) is 9.31. The highest BCUT2D eigenvalue weighted by atomic mass is 32.2. The molecule has 1 heterocycles. The molecule has 0 radical (unpaired) electrons. The number of rotatable bonds is 2. The average molecular weight is 201 g/mol. The van der Waals surface area contributed by atoms with Crippen molar-refractivity contribution in [2.45, 2.75) is 9.99 Å². The van der Waals surface area contributed by atoms with Gasteiger partial charge in [-0.1, -0.05) is 30.0 Å². The average Bonchev–Trinajstić information content (AvgIpc) is 2.67. The van der Waals surface area contributed by atoms with Crippen molar-refractivity contribution in [3.8, 4) is 6.07 Å². The third kappa shape index (κ3) is 1.98. The zero-order chi connectivity index (χ0) is 9.80. The summed E-state index contributed by atoms with van der Waals surface area (Å²) in [6.45, 7) is 0. The second-order valence-corrected chi connectivity index (χ2v) is 3.72. The lowest BCUT2D eigenvalue weighted by Gasteiger charge is -1.95. The molecule has 0 aliphatic rings. The maximum absolute atomic E-state index is 8.56. The Morgan fingerprint density at radius 3 is 2.50 bits per heavy atom. The molecule has 0 aliphatic carbocycles. The number of nitrogens with zero attached hydrogens (tertiary/aromatic N) is 1. The Morgan fingerprint density at radius 1 is 1.07 bits per heavy atom. The molecule has 0 saturated heterocycles. The van der Waals surface area contributed by atoms with Gasteiger partial charge in [-0.25, -0.2) is 0 Å². The van der Waals surface area contributed by atoms with E-state index in [0.717, 1.165) is 9.99 Å². The highest BCUT2D eigenvalue weighted by Gasteiger charge is 2.02. The highest BCUT2D eigenvalue weighted by molar-refractivity contribution is 7.99. The lowest BCUT2D eigenvalue weighted by molar-refractivity contribution is 0.463. The first-order valence-electron chi connectivity index (χ1n) is 4.11. The molecule has 0 aliphatic heterocycles. The maximum atomic E-state index is 8.56. The van der Waals surface area contributed by atoms with E-state index < -0.39 is 0 Å². The van der Waals surface area contributed by atoms with E-state index in [2.05, 4.69) is 0 Å². The largest absolute Gasteiger partial charge is 0.439 e. The van der Waals surface area contributed by atoms with Crippen molar-refractivity contribution >= 4 is 11.8 Å². The van der Waals surface area contributed by atoms with Gasteiger partial charge in [-0.05, 0) is 24.3 Å². The smallest absolute Gasteiger partial charge is 0.204 e. The van der Waals surface area contributed by atoms with Gasteiger partial charge in [-0.2, -0.15) is 5.26 Å². The van der Waals surface area contributed by atoms with Gasteiger partial charge < -0.3 is 4.42 Å². The van der Waals surface area contributed by atoms with E-state index >= 15 is 0 Å². The first-order valence-corrected chi connectivity index (χ1v) is 4.93. The van der Waals surface area contributed by atoms with Crippen LogP contribution in [0.1, 0.15) is 5.76 Å². The van der Waals surface area contributed by atoms with Gasteiger partial charge in [0.2, 0.25) is 5.76 Å². The molecular formula is C11H7NOS. The van der Waals surface area contributed by atoms with Crippen molar-refractivity contribution < 1.29 is 4.42 Å². The predicted octanol–water partition coefficient (Wildman–Crippen LogP) is 3.30. The summed E-state index contributed by atoms with van der Waals surface area (Å²) < 4.78 is 5.24. The van der Waals surface area contributed by atoms with Gasteiger partial charge in [0.15, 0.2) is 5.09 Å². The van der Waals surface area contributed by atoms with Gasteiger partial charge >= 0.3 is 0 Å². The van der Waals surface area contributed by atoms with Crippen molar-refractivity contribution in [2.24, 2.45) is 0 Å². The Balaban J connectivity index is 2.16. The number of furan rings is 1. The molecule has 2 nitrogen and oxygen atoms in total. The van der Waals surface area contributed by atoms with Crippen molar-refractivity contribution in [3.05, 3.63) is 48.2 Å². The van der Waals surface area contributed by atoms with E-state index in [1.165, 1.54) is 11.8 Å². The molecule has 3 heteroatoms. The topological polar surface area (TPSA) is 36.9 Å². The zero-order valence-electron chi connectivity index (χ0n) is 7.31. The first-order chi connectivity index (χ1) is 6.88. The van der Waals surface area contributed by atoms with Crippen LogP contribution in [0.3, 0.4) is 0 Å². The molecular weight excluding hydrogens is 194 g/mol. The molecule has 14 heavy (non-hydrogen) atoms. The summed E-state index contributed by atoms with van der Waals surface area (Å²) in [4.78, 5) is 1.10. The minimum atomic E-state index is 0.350. The summed E-state index contributed by atoms with van der Waals surface area (Å²) >= 11 is 1.51. The molecule has 0 atom stereocenters. The Labute approximate surface area is 86.2 Å². The number of hydrogen-bond donors (Lipinski definition) is 0. The molecule has 0 N–H and O–H groups in total. The van der Waals surface area contributed by atoms with E-state index in [0.29, 0.717) is 5.76 Å². The maximum Gasteiger partial charge on any atom is 0.204 e. The highest BCUT2D eigenvalue weighted by Crippen LogP contribution is 2.28. The summed E-state index contributed by atoms with van der Waals surface area (Å²) in [7, 11) is 0. The minimum absolute atomic E-state index is 0.350. The Morgan fingerprint density at radius 2 is 1.86 bits per heavy atom. The van der Waals surface area contributed by atoms with E-state index in [1.807, 2.05) is 36.4 Å². The summed E-state index contributed by atoms with van der Waals surface area (Å²) in [5.74, 6) is 0.350. The van der Waals surface area contributed by atoms with Gasteiger partial charge in [-0.15, -0.1) is 0 Å². The lowest BCUT2D eigenvalue weighted by Crippen LogP contribution is -1.67. The quantitative estimate of drug-likeness (QED) is 0.748. The monoisotopic (exact) mass is 201 g/mol. The molecule has 0 spiro atoms. The van der Waals surface area contributed by atoms with Crippen LogP contribution in [0.2, 0.25) is 0 Å². The van der Waals surface area contributed by atoms with E-state index in [-0.39, 0.29) is 0 Å². The third-order valence-electron chi connectivity index (χ3n) is 1.65. The second-order valence-electron chi connectivity index (χ2n) is 2.65. The van der Waals surface area contributed by atoms with Crippen LogP contribution in [-0.2, 0) is 0 Å². The van der Waals surface area contributed by atoms with Gasteiger partial charge in [0, 0.05) is 4.90 Å². The van der Waals surface area contributed by atoms with Crippen molar-refractivity contribution in [2.75, 3.05) is 0 Å². The van der Waals surface area contributed by atoms with Gasteiger partial charge in [0.25, 0.3) is 0 Å². The van der Waals surface area contributed by atoms with Crippen LogP contribution < -0.4 is 0 Å². The summed E-state index contributed by atoms with van der Waals surface area (Å²) in [5.41, 5.74) is 0. The molecule has 1 aromatic heterocycles. The molecule has 1 aromatic carbocycles. The molecule has 0 bridgehead atoms. The summed E-state index contributed by atoms with van der Waals surface area (Å²) in [6, 6.07) is 15.3. The Hall–Kier alpha value is -1.66. The van der Waals surface area contributed by atoms with Crippen LogP contribution in [0.4, 0.5) is 0 Å². The Kier molecular flexibility index (Phi) is 2.57. The molecule has 2 aromatic rings. The van der Waals surface area contributed by atoms with Crippen LogP contribution in [0.15, 0.2) is 56.9 Å². The van der Waals surface area contributed by atoms with Crippen LogP contribution >= 0.6 is 11.8 Å². The minimum Gasteiger partial charge on any atom is -0.439 e. The number of nitriles is 1. The molecule has 68 valence electrons. The molecule has 0 amide bonds. The van der Waals surface area contributed by atoms with Gasteiger partial charge in [0.1, 0.15) is 6.07 Å². The lowest BCUT2D eigenvalue weighted by atomic mass is 10.4. The normalized spacial score (nSPS) is 9.64. The SMILES string of the molecule is N#Cc1ccc(Sc2ccccc2)o1. The second kappa shape index (κ2) is 4.03. The number of hydrogen-bond acceptors (Lipinski definition) is 3. The fraction of sp³-hybridized carbons (Fsp3) is 0. The van der Waals surface area contributed by atoms with Crippen molar-refractivity contribution in [3.63, 3.8) is 0 Å². The molecule has 0 fully saturated rings. The first kappa shape index (κ1) is 8.92. The fourth-order valence-electron chi connectivity index (χ4n) is 1.04. The molecule has 0 saturated carbocycles. The van der Waals surface area contributed by atoms with E-state index in [1.54, 1.807) is 12.1 Å². The van der Waals surface area contributed by atoms with Crippen molar-refractivity contribution in [1.82, 2.24) is 0 Å². The predicted molar refractivity (Wildman–Crippen MR) is 54.0 cm³/mol. The van der Waals surface area contributed by atoms with Gasteiger partial charge in [-0.3, -0.25) is 0 Å². The third-order valence-corrected chi connectivity index (χ3v) is 2.58. The Bertz CT molecular complexity index is 456. The van der Waals surface area contributed by atoms with Crippen LogP contribution in [0.5, 0.6) is 0 Å². The summed E-state index contributed by atoms with van der Waals surface area (Å²) in [6.07, 6.45) is 0. The van der Waals surface area contributed by atoms with Crippen LogP contribution in [-0.4, -0.2) is 0 Å². The fourth-order valence-corrected chi connectivity index (χ4v) is 1.83. The van der Waals surface area contributed by atoms with Gasteiger partial charge in [0.05, 0.1) is 0 Å². The van der Waals surface area contributed by atoms with Crippen molar-refractivity contribution in [1.29, 1.82) is 5.26 Å². The molecule has 2 rings (SSSR count). The standard InChI is InChI=1S/C11H7NOS/c12-8-9-6-7-11(13-9)14-10-4-2-1-3-5-10/h1-7H. The zero-order valence-corrected chi connectivity index (χ0v) is 8.12. The molecule has 0 unspecified atom stereocenters. The number of benzene rings is 1. The van der Waals surface area contributed by atoms with Crippen LogP contribution in [0.25, 0.3) is 0 Å².